The van der Waals surface area contributed by atoms with Crippen LogP contribution in [0.5, 0.6) is 0 Å². The van der Waals surface area contributed by atoms with Gasteiger partial charge in [-0.3, -0.25) is 9.59 Å². The van der Waals surface area contributed by atoms with Crippen molar-refractivity contribution >= 4 is 17.5 Å². The third kappa shape index (κ3) is 3.22. The fraction of sp³-hybridized carbons (Fsp3) is 0.300. The van der Waals surface area contributed by atoms with Crippen molar-refractivity contribution in [3.8, 4) is 11.3 Å². The summed E-state index contributed by atoms with van der Waals surface area (Å²) in [6.07, 6.45) is 3.23. The van der Waals surface area contributed by atoms with Gasteiger partial charge in [-0.25, -0.2) is 9.50 Å². The smallest absolute Gasteiger partial charge is 0.253 e. The molecule has 1 aromatic carbocycles. The quantitative estimate of drug-likeness (QED) is 0.710. The molecule has 2 aromatic heterocycles. The molecular formula is C20H21N5O3. The number of pyridine rings is 1. The van der Waals surface area contributed by atoms with Crippen molar-refractivity contribution in [2.45, 2.75) is 12.8 Å². The van der Waals surface area contributed by atoms with Crippen LogP contribution in [-0.2, 0) is 0 Å². The number of benzene rings is 1. The van der Waals surface area contributed by atoms with E-state index in [0.717, 1.165) is 24.1 Å². The van der Waals surface area contributed by atoms with E-state index >= 15 is 0 Å². The van der Waals surface area contributed by atoms with Gasteiger partial charge in [0.25, 0.3) is 11.8 Å². The molecule has 8 heteroatoms. The number of aromatic nitrogens is 3. The summed E-state index contributed by atoms with van der Waals surface area (Å²) < 4.78 is 1.56. The first-order valence-electron chi connectivity index (χ1n) is 9.21. The lowest BCUT2D eigenvalue weighted by Crippen LogP contribution is -2.40. The zero-order valence-corrected chi connectivity index (χ0v) is 15.3. The Bertz CT molecular complexity index is 1030. The molecule has 8 nitrogen and oxygen atoms in total. The Kier molecular flexibility index (Phi) is 4.79. The molecule has 1 saturated heterocycles. The average molecular weight is 379 g/mol. The summed E-state index contributed by atoms with van der Waals surface area (Å²) in [6, 6.07) is 10.6. The fourth-order valence-electron chi connectivity index (χ4n) is 3.68. The maximum atomic E-state index is 12.8. The van der Waals surface area contributed by atoms with Crippen molar-refractivity contribution in [2.75, 3.05) is 19.7 Å². The van der Waals surface area contributed by atoms with Crippen molar-refractivity contribution in [1.29, 1.82) is 0 Å². The van der Waals surface area contributed by atoms with Crippen LogP contribution in [0.15, 0.2) is 42.7 Å². The maximum absolute atomic E-state index is 12.8. The fourth-order valence-corrected chi connectivity index (χ4v) is 3.68. The molecule has 4 rings (SSSR count). The maximum Gasteiger partial charge on any atom is 0.253 e. The highest BCUT2D eigenvalue weighted by atomic mass is 16.3. The van der Waals surface area contributed by atoms with Gasteiger partial charge in [-0.2, -0.15) is 5.10 Å². The minimum Gasteiger partial charge on any atom is -0.396 e. The molecule has 0 radical (unpaired) electrons. The number of likely N-dealkylation sites (tertiary alicyclic amines) is 1. The molecule has 3 N–H and O–H groups in total. The van der Waals surface area contributed by atoms with E-state index in [1.54, 1.807) is 33.7 Å². The van der Waals surface area contributed by atoms with Gasteiger partial charge in [0.05, 0.1) is 11.3 Å². The van der Waals surface area contributed by atoms with Crippen molar-refractivity contribution in [2.24, 2.45) is 11.7 Å². The summed E-state index contributed by atoms with van der Waals surface area (Å²) in [5, 5.41) is 13.6. The number of amides is 2. The van der Waals surface area contributed by atoms with Crippen molar-refractivity contribution in [3.63, 3.8) is 0 Å². The van der Waals surface area contributed by atoms with Crippen LogP contribution in [0.25, 0.3) is 16.9 Å². The van der Waals surface area contributed by atoms with Crippen LogP contribution < -0.4 is 5.73 Å². The third-order valence-corrected chi connectivity index (χ3v) is 5.18. The Morgan fingerprint density at radius 1 is 1.18 bits per heavy atom. The minimum absolute atomic E-state index is 0.0281. The number of aliphatic hydroxyl groups excluding tert-OH is 1. The number of rotatable bonds is 4. The second-order valence-corrected chi connectivity index (χ2v) is 7.01. The highest BCUT2D eigenvalue weighted by Gasteiger charge is 2.24. The number of fused-ring (bicyclic) bond motifs is 1. The van der Waals surface area contributed by atoms with Gasteiger partial charge < -0.3 is 15.7 Å². The van der Waals surface area contributed by atoms with Crippen molar-refractivity contribution in [3.05, 3.63) is 53.9 Å². The van der Waals surface area contributed by atoms with Gasteiger partial charge in [-0.1, -0.05) is 12.1 Å². The molecule has 1 unspecified atom stereocenters. The highest BCUT2D eigenvalue weighted by molar-refractivity contribution is 5.99. The number of carbonyl (C=O) groups excluding carboxylic acids is 2. The number of primary amides is 1. The summed E-state index contributed by atoms with van der Waals surface area (Å²) in [4.78, 5) is 30.2. The normalized spacial score (nSPS) is 17.0. The summed E-state index contributed by atoms with van der Waals surface area (Å²) in [6.45, 7) is 1.41. The largest absolute Gasteiger partial charge is 0.396 e. The Morgan fingerprint density at radius 3 is 2.68 bits per heavy atom. The molecule has 1 atom stereocenters. The van der Waals surface area contributed by atoms with E-state index in [0.29, 0.717) is 29.9 Å². The van der Waals surface area contributed by atoms with Gasteiger partial charge >= 0.3 is 0 Å². The van der Waals surface area contributed by atoms with E-state index in [9.17, 15) is 14.7 Å². The van der Waals surface area contributed by atoms with Crippen LogP contribution in [0.3, 0.4) is 0 Å². The average Bonchev–Trinajstić information content (AvgIpc) is 3.22. The first-order chi connectivity index (χ1) is 13.6. The Morgan fingerprint density at radius 2 is 1.96 bits per heavy atom. The lowest BCUT2D eigenvalue weighted by atomic mass is 9.98. The van der Waals surface area contributed by atoms with Crippen LogP contribution >= 0.6 is 0 Å². The van der Waals surface area contributed by atoms with Crippen LogP contribution in [0, 0.1) is 5.92 Å². The van der Waals surface area contributed by atoms with Crippen LogP contribution in [0.2, 0.25) is 0 Å². The summed E-state index contributed by atoms with van der Waals surface area (Å²) in [5.41, 5.74) is 8.28. The Labute approximate surface area is 161 Å². The van der Waals surface area contributed by atoms with E-state index < -0.39 is 5.91 Å². The minimum atomic E-state index is -0.562. The van der Waals surface area contributed by atoms with E-state index in [1.807, 2.05) is 12.1 Å². The number of carbonyl (C=O) groups is 2. The number of nitrogens with two attached hydrogens (primary N) is 1. The second kappa shape index (κ2) is 7.40. The molecule has 144 valence electrons. The molecule has 28 heavy (non-hydrogen) atoms. The van der Waals surface area contributed by atoms with E-state index in [4.69, 9.17) is 5.73 Å². The third-order valence-electron chi connectivity index (χ3n) is 5.18. The molecule has 3 heterocycles. The van der Waals surface area contributed by atoms with Gasteiger partial charge in [-0.05, 0) is 43.0 Å². The van der Waals surface area contributed by atoms with Crippen LogP contribution in [0.1, 0.15) is 33.6 Å². The number of hydrogen-bond donors (Lipinski definition) is 2. The molecule has 2 amide bonds. The molecule has 1 fully saturated rings. The first kappa shape index (κ1) is 18.1. The number of hydrogen-bond acceptors (Lipinski definition) is 5. The molecule has 1 aliphatic rings. The molecular weight excluding hydrogens is 358 g/mol. The van der Waals surface area contributed by atoms with Gasteiger partial charge in [0, 0.05) is 30.8 Å². The van der Waals surface area contributed by atoms with Crippen LogP contribution in [-0.4, -0.2) is 56.1 Å². The van der Waals surface area contributed by atoms with Crippen molar-refractivity contribution in [1.82, 2.24) is 19.5 Å². The summed E-state index contributed by atoms with van der Waals surface area (Å²) >= 11 is 0. The molecule has 0 spiro atoms. The van der Waals surface area contributed by atoms with E-state index in [1.165, 1.54) is 6.33 Å². The molecule has 0 saturated carbocycles. The number of nitrogens with zero attached hydrogens (tertiary/aromatic N) is 4. The van der Waals surface area contributed by atoms with Crippen molar-refractivity contribution < 1.29 is 14.7 Å². The highest BCUT2D eigenvalue weighted by Crippen LogP contribution is 2.24. The molecule has 1 aliphatic heterocycles. The lowest BCUT2D eigenvalue weighted by Gasteiger charge is -2.32. The van der Waals surface area contributed by atoms with Gasteiger partial charge in [0.15, 0.2) is 5.65 Å². The summed E-state index contributed by atoms with van der Waals surface area (Å²) in [5.74, 6) is -0.436. The zero-order chi connectivity index (χ0) is 19.7. The lowest BCUT2D eigenvalue weighted by molar-refractivity contribution is 0.0620. The summed E-state index contributed by atoms with van der Waals surface area (Å²) in [7, 11) is 0. The van der Waals surface area contributed by atoms with Gasteiger partial charge in [0.2, 0.25) is 0 Å². The number of piperidine rings is 1. The van der Waals surface area contributed by atoms with Gasteiger partial charge in [-0.15, -0.1) is 0 Å². The van der Waals surface area contributed by atoms with Crippen LogP contribution in [0.4, 0.5) is 0 Å². The molecule has 0 bridgehead atoms. The number of aliphatic hydroxyl groups is 1. The zero-order valence-electron chi connectivity index (χ0n) is 15.3. The Hall–Kier alpha value is -3.26. The van der Waals surface area contributed by atoms with Gasteiger partial charge in [0.1, 0.15) is 6.33 Å². The Balaban J connectivity index is 1.61. The standard InChI is InChI=1S/C20H21N5O3/c21-18(27)16-7-8-17(25-19(16)22-12-23-25)14-3-5-15(6-4-14)20(28)24-9-1-2-13(10-24)11-26/h3-8,12-13,26H,1-2,9-11H2,(H2,21,27). The second-order valence-electron chi connectivity index (χ2n) is 7.01. The first-order valence-corrected chi connectivity index (χ1v) is 9.21. The molecule has 3 aromatic rings. The SMILES string of the molecule is NC(=O)c1ccc(-c2ccc(C(=O)N3CCCC(CO)C3)cc2)n2ncnc12. The topological polar surface area (TPSA) is 114 Å². The predicted molar refractivity (Wildman–Crippen MR) is 103 cm³/mol. The van der Waals surface area contributed by atoms with E-state index in [-0.39, 0.29) is 18.4 Å². The monoisotopic (exact) mass is 379 g/mol. The van der Waals surface area contributed by atoms with E-state index in [2.05, 4.69) is 10.1 Å². The predicted octanol–water partition coefficient (Wildman–Crippen LogP) is 1.34. The molecule has 0 aliphatic carbocycles.